The standard InChI is InChI=1S/C38H33N3O3S/c1-26-11-9-10-16-34(26)40-36(42)27(2)45-33-23-21-32(22-24-33)39-38(44)35(41-37(43)31-14-7-4-8-15-31)25-28-17-19-30(20-18-28)29-12-5-3-6-13-29/h3-25,27H,1-2H3,(H,39,44)(H,40,42)(H,41,43)/b35-25-. The molecule has 224 valence electrons. The highest BCUT2D eigenvalue weighted by atomic mass is 32.2. The Bertz CT molecular complexity index is 1800. The lowest BCUT2D eigenvalue weighted by Crippen LogP contribution is -2.30. The van der Waals surface area contributed by atoms with Crippen LogP contribution >= 0.6 is 11.8 Å². The molecule has 0 fully saturated rings. The van der Waals surface area contributed by atoms with Crippen molar-refractivity contribution < 1.29 is 14.4 Å². The van der Waals surface area contributed by atoms with E-state index in [0.29, 0.717) is 11.3 Å². The summed E-state index contributed by atoms with van der Waals surface area (Å²) in [6.07, 6.45) is 1.66. The first-order valence-corrected chi connectivity index (χ1v) is 15.4. The lowest BCUT2D eigenvalue weighted by atomic mass is 10.0. The lowest BCUT2D eigenvalue weighted by molar-refractivity contribution is -0.115. The summed E-state index contributed by atoms with van der Waals surface area (Å²) in [5.41, 5.74) is 5.80. The highest BCUT2D eigenvalue weighted by molar-refractivity contribution is 8.00. The van der Waals surface area contributed by atoms with Crippen molar-refractivity contribution in [3.63, 3.8) is 0 Å². The van der Waals surface area contributed by atoms with Crippen molar-refractivity contribution in [3.8, 4) is 11.1 Å². The third kappa shape index (κ3) is 8.59. The molecule has 0 aliphatic rings. The highest BCUT2D eigenvalue weighted by Gasteiger charge is 2.17. The number of hydrogen-bond acceptors (Lipinski definition) is 4. The summed E-state index contributed by atoms with van der Waals surface area (Å²) in [6, 6.07) is 41.5. The quantitative estimate of drug-likeness (QED) is 0.110. The molecule has 0 aromatic heterocycles. The van der Waals surface area contributed by atoms with E-state index in [2.05, 4.69) is 16.0 Å². The summed E-state index contributed by atoms with van der Waals surface area (Å²) in [5, 5.41) is 8.32. The summed E-state index contributed by atoms with van der Waals surface area (Å²) in [7, 11) is 0. The molecular weight excluding hydrogens is 579 g/mol. The summed E-state index contributed by atoms with van der Waals surface area (Å²) in [6.45, 7) is 3.81. The molecule has 0 saturated carbocycles. The van der Waals surface area contributed by atoms with E-state index in [1.165, 1.54) is 11.8 Å². The number of anilines is 2. The molecule has 7 heteroatoms. The van der Waals surface area contributed by atoms with E-state index >= 15 is 0 Å². The molecule has 5 aromatic carbocycles. The zero-order chi connectivity index (χ0) is 31.6. The zero-order valence-corrected chi connectivity index (χ0v) is 25.8. The molecule has 0 spiro atoms. The Morgan fingerprint density at radius 3 is 1.93 bits per heavy atom. The van der Waals surface area contributed by atoms with Gasteiger partial charge >= 0.3 is 0 Å². The van der Waals surface area contributed by atoms with Gasteiger partial charge in [0.25, 0.3) is 11.8 Å². The number of hydrogen-bond donors (Lipinski definition) is 3. The number of thioether (sulfide) groups is 1. The number of rotatable bonds is 10. The van der Waals surface area contributed by atoms with Gasteiger partial charge in [0.15, 0.2) is 0 Å². The number of nitrogens with one attached hydrogen (secondary N) is 3. The molecule has 6 nitrogen and oxygen atoms in total. The fourth-order valence-electron chi connectivity index (χ4n) is 4.53. The van der Waals surface area contributed by atoms with Gasteiger partial charge in [-0.15, -0.1) is 11.8 Å². The minimum absolute atomic E-state index is 0.0904. The Balaban J connectivity index is 1.28. The topological polar surface area (TPSA) is 87.3 Å². The summed E-state index contributed by atoms with van der Waals surface area (Å²) < 4.78 is 0. The van der Waals surface area contributed by atoms with Crippen LogP contribution in [0.1, 0.15) is 28.4 Å². The molecule has 0 radical (unpaired) electrons. The van der Waals surface area contributed by atoms with Crippen LogP contribution in [0.15, 0.2) is 144 Å². The SMILES string of the molecule is Cc1ccccc1NC(=O)C(C)Sc1ccc(NC(=O)/C(=C/c2ccc(-c3ccccc3)cc2)NC(=O)c2ccccc2)cc1. The monoisotopic (exact) mass is 611 g/mol. The van der Waals surface area contributed by atoms with E-state index in [-0.39, 0.29) is 22.8 Å². The van der Waals surface area contributed by atoms with Gasteiger partial charge in [0.2, 0.25) is 5.91 Å². The number of carbonyl (C=O) groups is 3. The molecule has 5 rings (SSSR count). The van der Waals surface area contributed by atoms with Gasteiger partial charge in [-0.05, 0) is 84.6 Å². The van der Waals surface area contributed by atoms with Gasteiger partial charge in [0.1, 0.15) is 5.70 Å². The predicted molar refractivity (Wildman–Crippen MR) is 184 cm³/mol. The van der Waals surface area contributed by atoms with Gasteiger partial charge in [0, 0.05) is 21.8 Å². The van der Waals surface area contributed by atoms with Crippen molar-refractivity contribution in [2.24, 2.45) is 0 Å². The van der Waals surface area contributed by atoms with Crippen molar-refractivity contribution in [2.75, 3.05) is 10.6 Å². The van der Waals surface area contributed by atoms with E-state index in [4.69, 9.17) is 0 Å². The number of aryl methyl sites for hydroxylation is 1. The fraction of sp³-hybridized carbons (Fsp3) is 0.0789. The molecule has 1 atom stereocenters. The van der Waals surface area contributed by atoms with Crippen LogP contribution < -0.4 is 16.0 Å². The van der Waals surface area contributed by atoms with E-state index in [0.717, 1.165) is 32.8 Å². The summed E-state index contributed by atoms with van der Waals surface area (Å²) in [5.74, 6) is -0.937. The predicted octanol–water partition coefficient (Wildman–Crippen LogP) is 8.19. The highest BCUT2D eigenvalue weighted by Crippen LogP contribution is 2.27. The molecule has 0 heterocycles. The van der Waals surface area contributed by atoms with Crippen molar-refractivity contribution >= 4 is 46.9 Å². The normalized spacial score (nSPS) is 11.7. The molecular formula is C38H33N3O3S. The smallest absolute Gasteiger partial charge is 0.272 e. The molecule has 0 aliphatic heterocycles. The average Bonchev–Trinajstić information content (AvgIpc) is 3.07. The molecule has 3 N–H and O–H groups in total. The molecule has 5 aromatic rings. The van der Waals surface area contributed by atoms with Crippen LogP contribution in [0.4, 0.5) is 11.4 Å². The molecule has 1 unspecified atom stereocenters. The fourth-order valence-corrected chi connectivity index (χ4v) is 5.40. The van der Waals surface area contributed by atoms with Crippen LogP contribution in [0, 0.1) is 6.92 Å². The second-order valence-electron chi connectivity index (χ2n) is 10.4. The zero-order valence-electron chi connectivity index (χ0n) is 25.0. The molecule has 0 bridgehead atoms. The van der Waals surface area contributed by atoms with Gasteiger partial charge in [-0.25, -0.2) is 0 Å². The van der Waals surface area contributed by atoms with Crippen LogP contribution in [0.2, 0.25) is 0 Å². The van der Waals surface area contributed by atoms with E-state index in [1.54, 1.807) is 42.5 Å². The molecule has 45 heavy (non-hydrogen) atoms. The van der Waals surface area contributed by atoms with Gasteiger partial charge in [-0.1, -0.05) is 91.0 Å². The number of benzene rings is 5. The van der Waals surface area contributed by atoms with Crippen molar-refractivity contribution in [3.05, 3.63) is 156 Å². The van der Waals surface area contributed by atoms with Crippen LogP contribution in [-0.4, -0.2) is 23.0 Å². The van der Waals surface area contributed by atoms with E-state index in [1.807, 2.05) is 111 Å². The van der Waals surface area contributed by atoms with Gasteiger partial charge < -0.3 is 16.0 Å². The first kappa shape index (κ1) is 31.0. The van der Waals surface area contributed by atoms with Crippen LogP contribution in [0.5, 0.6) is 0 Å². The maximum Gasteiger partial charge on any atom is 0.272 e. The second kappa shape index (κ2) is 14.9. The summed E-state index contributed by atoms with van der Waals surface area (Å²) >= 11 is 1.42. The largest absolute Gasteiger partial charge is 0.325 e. The van der Waals surface area contributed by atoms with E-state index < -0.39 is 5.91 Å². The average molecular weight is 612 g/mol. The van der Waals surface area contributed by atoms with Crippen molar-refractivity contribution in [1.29, 1.82) is 0 Å². The summed E-state index contributed by atoms with van der Waals surface area (Å²) in [4.78, 5) is 40.1. The Labute approximate surface area is 267 Å². The molecule has 3 amide bonds. The molecule has 0 saturated heterocycles. The lowest BCUT2D eigenvalue weighted by Gasteiger charge is -2.14. The first-order valence-electron chi connectivity index (χ1n) is 14.5. The Morgan fingerprint density at radius 2 is 1.27 bits per heavy atom. The first-order chi connectivity index (χ1) is 21.9. The number of amides is 3. The van der Waals surface area contributed by atoms with Crippen molar-refractivity contribution in [2.45, 2.75) is 24.0 Å². The third-order valence-corrected chi connectivity index (χ3v) is 8.17. The number of para-hydroxylation sites is 1. The minimum Gasteiger partial charge on any atom is -0.325 e. The molecule has 0 aliphatic carbocycles. The maximum absolute atomic E-state index is 13.5. The minimum atomic E-state index is -0.460. The number of carbonyl (C=O) groups excluding carboxylic acids is 3. The Hall–Kier alpha value is -5.40. The maximum atomic E-state index is 13.5. The third-order valence-electron chi connectivity index (χ3n) is 7.05. The van der Waals surface area contributed by atoms with Gasteiger partial charge in [-0.2, -0.15) is 0 Å². The van der Waals surface area contributed by atoms with Crippen LogP contribution in [0.25, 0.3) is 17.2 Å². The van der Waals surface area contributed by atoms with Crippen LogP contribution in [-0.2, 0) is 9.59 Å². The Kier molecular flexibility index (Phi) is 10.2. The van der Waals surface area contributed by atoms with E-state index in [9.17, 15) is 14.4 Å². The second-order valence-corrected chi connectivity index (χ2v) is 11.8. The Morgan fingerprint density at radius 1 is 0.667 bits per heavy atom. The van der Waals surface area contributed by atoms with Gasteiger partial charge in [-0.3, -0.25) is 14.4 Å². The van der Waals surface area contributed by atoms with Gasteiger partial charge in [0.05, 0.1) is 5.25 Å². The van der Waals surface area contributed by atoms with Crippen molar-refractivity contribution in [1.82, 2.24) is 5.32 Å². The van der Waals surface area contributed by atoms with Crippen LogP contribution in [0.3, 0.4) is 0 Å².